The van der Waals surface area contributed by atoms with Crippen LogP contribution in [0.4, 0.5) is 5.69 Å². The molecule has 0 aromatic heterocycles. The standard InChI is InChI=1S/C8H12N2S2/c1-10-12-6-3-4-8(11-2)7(9)5-6/h3-5,10H,9H2,1-2H3. The quantitative estimate of drug-likeness (QED) is 0.446. The maximum absolute atomic E-state index is 5.80. The molecule has 12 heavy (non-hydrogen) atoms. The van der Waals surface area contributed by atoms with E-state index in [4.69, 9.17) is 5.73 Å². The number of rotatable bonds is 3. The van der Waals surface area contributed by atoms with Gasteiger partial charge in [0, 0.05) is 15.5 Å². The molecule has 2 nitrogen and oxygen atoms in total. The van der Waals surface area contributed by atoms with Crippen LogP contribution in [0.2, 0.25) is 0 Å². The van der Waals surface area contributed by atoms with E-state index in [-0.39, 0.29) is 0 Å². The first kappa shape index (κ1) is 9.77. The van der Waals surface area contributed by atoms with Crippen molar-refractivity contribution in [3.8, 4) is 0 Å². The van der Waals surface area contributed by atoms with Gasteiger partial charge in [-0.25, -0.2) is 0 Å². The number of hydrogen-bond acceptors (Lipinski definition) is 4. The molecule has 4 heteroatoms. The van der Waals surface area contributed by atoms with E-state index in [0.29, 0.717) is 0 Å². The van der Waals surface area contributed by atoms with Crippen LogP contribution in [0.3, 0.4) is 0 Å². The molecular weight excluding hydrogens is 188 g/mol. The number of anilines is 1. The smallest absolute Gasteiger partial charge is 0.0463 e. The van der Waals surface area contributed by atoms with Crippen LogP contribution in [0.15, 0.2) is 28.0 Å². The molecule has 0 fully saturated rings. The minimum Gasteiger partial charge on any atom is -0.398 e. The average Bonchev–Trinajstić information content (AvgIpc) is 2.05. The second-order valence-electron chi connectivity index (χ2n) is 2.21. The molecule has 0 aliphatic heterocycles. The van der Waals surface area contributed by atoms with Crippen molar-refractivity contribution in [2.75, 3.05) is 19.0 Å². The number of nitrogens with two attached hydrogens (primary N) is 1. The Morgan fingerprint density at radius 1 is 1.42 bits per heavy atom. The Hall–Kier alpha value is -0.320. The van der Waals surface area contributed by atoms with Crippen molar-refractivity contribution >= 4 is 29.4 Å². The minimum absolute atomic E-state index is 0.850. The van der Waals surface area contributed by atoms with Crippen LogP contribution < -0.4 is 10.5 Å². The van der Waals surface area contributed by atoms with Crippen LogP contribution in [0, 0.1) is 0 Å². The Morgan fingerprint density at radius 2 is 2.17 bits per heavy atom. The van der Waals surface area contributed by atoms with Gasteiger partial charge in [0.05, 0.1) is 0 Å². The lowest BCUT2D eigenvalue weighted by atomic mass is 10.3. The van der Waals surface area contributed by atoms with Gasteiger partial charge in [0.25, 0.3) is 0 Å². The van der Waals surface area contributed by atoms with Gasteiger partial charge in [0.1, 0.15) is 0 Å². The van der Waals surface area contributed by atoms with Crippen molar-refractivity contribution in [3.05, 3.63) is 18.2 Å². The summed E-state index contributed by atoms with van der Waals surface area (Å²) >= 11 is 3.24. The largest absolute Gasteiger partial charge is 0.398 e. The highest BCUT2D eigenvalue weighted by atomic mass is 32.2. The van der Waals surface area contributed by atoms with Gasteiger partial charge in [0.2, 0.25) is 0 Å². The Bertz CT molecular complexity index is 263. The van der Waals surface area contributed by atoms with Gasteiger partial charge in [-0.1, -0.05) is 0 Å². The summed E-state index contributed by atoms with van der Waals surface area (Å²) in [5.41, 5.74) is 6.65. The lowest BCUT2D eigenvalue weighted by Crippen LogP contribution is -1.93. The molecule has 0 atom stereocenters. The third kappa shape index (κ3) is 2.33. The lowest BCUT2D eigenvalue weighted by Gasteiger charge is -2.04. The van der Waals surface area contributed by atoms with E-state index in [1.807, 2.05) is 25.4 Å². The topological polar surface area (TPSA) is 38.0 Å². The van der Waals surface area contributed by atoms with Gasteiger partial charge in [-0.05, 0) is 43.5 Å². The Kier molecular flexibility index (Phi) is 3.78. The van der Waals surface area contributed by atoms with Crippen molar-refractivity contribution in [1.82, 2.24) is 4.72 Å². The second kappa shape index (κ2) is 4.64. The minimum atomic E-state index is 0.850. The van der Waals surface area contributed by atoms with E-state index in [1.54, 1.807) is 23.7 Å². The number of nitrogens with one attached hydrogen (secondary N) is 1. The van der Waals surface area contributed by atoms with Crippen LogP contribution in [0.25, 0.3) is 0 Å². The van der Waals surface area contributed by atoms with E-state index in [9.17, 15) is 0 Å². The summed E-state index contributed by atoms with van der Waals surface area (Å²) in [6.07, 6.45) is 2.02. The van der Waals surface area contributed by atoms with Crippen LogP contribution in [0.1, 0.15) is 0 Å². The number of benzene rings is 1. The van der Waals surface area contributed by atoms with Crippen molar-refractivity contribution in [2.24, 2.45) is 0 Å². The molecule has 1 aromatic rings. The van der Waals surface area contributed by atoms with Crippen LogP contribution >= 0.6 is 23.7 Å². The predicted molar refractivity (Wildman–Crippen MR) is 57.6 cm³/mol. The predicted octanol–water partition coefficient (Wildman–Crippen LogP) is 2.22. The van der Waals surface area contributed by atoms with Crippen LogP contribution in [0.5, 0.6) is 0 Å². The van der Waals surface area contributed by atoms with Crippen LogP contribution in [-0.2, 0) is 0 Å². The van der Waals surface area contributed by atoms with Crippen molar-refractivity contribution in [2.45, 2.75) is 9.79 Å². The third-order valence-corrected chi connectivity index (χ3v) is 2.93. The fraction of sp³-hybridized carbons (Fsp3) is 0.250. The second-order valence-corrected chi connectivity index (χ2v) is 4.14. The first-order valence-electron chi connectivity index (χ1n) is 3.55. The molecule has 0 spiro atoms. The molecule has 0 amide bonds. The third-order valence-electron chi connectivity index (χ3n) is 1.42. The van der Waals surface area contributed by atoms with Gasteiger partial charge in [-0.3, -0.25) is 4.72 Å². The van der Waals surface area contributed by atoms with E-state index in [0.717, 1.165) is 15.5 Å². The monoisotopic (exact) mass is 200 g/mol. The van der Waals surface area contributed by atoms with Gasteiger partial charge in [-0.2, -0.15) is 0 Å². The zero-order valence-corrected chi connectivity index (χ0v) is 8.76. The maximum atomic E-state index is 5.80. The summed E-state index contributed by atoms with van der Waals surface area (Å²) in [5.74, 6) is 0. The first-order chi connectivity index (χ1) is 5.77. The number of hydrogen-bond donors (Lipinski definition) is 2. The number of nitrogen functional groups attached to an aromatic ring is 1. The SMILES string of the molecule is CNSc1ccc(SC)c(N)c1. The first-order valence-corrected chi connectivity index (χ1v) is 5.59. The molecule has 3 N–H and O–H groups in total. The van der Waals surface area contributed by atoms with Crippen molar-refractivity contribution in [1.29, 1.82) is 0 Å². The molecular formula is C8H12N2S2. The highest BCUT2D eigenvalue weighted by Crippen LogP contribution is 2.26. The van der Waals surface area contributed by atoms with E-state index in [1.165, 1.54) is 0 Å². The van der Waals surface area contributed by atoms with Gasteiger partial charge < -0.3 is 5.73 Å². The molecule has 1 aromatic carbocycles. The molecule has 0 aliphatic rings. The Labute approximate surface area is 81.4 Å². The highest BCUT2D eigenvalue weighted by Gasteiger charge is 1.98. The molecule has 0 heterocycles. The molecule has 0 saturated carbocycles. The summed E-state index contributed by atoms with van der Waals surface area (Å²) in [7, 11) is 1.89. The maximum Gasteiger partial charge on any atom is 0.0463 e. The summed E-state index contributed by atoms with van der Waals surface area (Å²) < 4.78 is 3.00. The molecule has 0 saturated heterocycles. The van der Waals surface area contributed by atoms with Gasteiger partial charge in [-0.15, -0.1) is 11.8 Å². The van der Waals surface area contributed by atoms with Crippen LogP contribution in [-0.4, -0.2) is 13.3 Å². The summed E-state index contributed by atoms with van der Waals surface area (Å²) in [4.78, 5) is 2.28. The van der Waals surface area contributed by atoms with E-state index in [2.05, 4.69) is 10.8 Å². The summed E-state index contributed by atoms with van der Waals surface area (Å²) in [6, 6.07) is 6.08. The molecule has 66 valence electrons. The molecule has 0 radical (unpaired) electrons. The van der Waals surface area contributed by atoms with E-state index >= 15 is 0 Å². The average molecular weight is 200 g/mol. The zero-order chi connectivity index (χ0) is 8.97. The summed E-state index contributed by atoms with van der Waals surface area (Å²) in [5, 5.41) is 0. The Morgan fingerprint density at radius 3 is 2.67 bits per heavy atom. The fourth-order valence-corrected chi connectivity index (χ4v) is 1.95. The normalized spacial score (nSPS) is 10.2. The molecule has 1 rings (SSSR count). The fourth-order valence-electron chi connectivity index (χ4n) is 0.894. The number of thioether (sulfide) groups is 1. The summed E-state index contributed by atoms with van der Waals surface area (Å²) in [6.45, 7) is 0. The highest BCUT2D eigenvalue weighted by molar-refractivity contribution is 7.98. The molecule has 0 aliphatic carbocycles. The van der Waals surface area contributed by atoms with Gasteiger partial charge in [0.15, 0.2) is 0 Å². The molecule has 0 bridgehead atoms. The lowest BCUT2D eigenvalue weighted by molar-refractivity contribution is 1.27. The Balaban J connectivity index is 2.86. The molecule has 0 unspecified atom stereocenters. The zero-order valence-electron chi connectivity index (χ0n) is 7.13. The van der Waals surface area contributed by atoms with E-state index < -0.39 is 0 Å². The van der Waals surface area contributed by atoms with Crippen molar-refractivity contribution < 1.29 is 0 Å². The van der Waals surface area contributed by atoms with Gasteiger partial charge >= 0.3 is 0 Å². The van der Waals surface area contributed by atoms with Crippen molar-refractivity contribution in [3.63, 3.8) is 0 Å².